The van der Waals surface area contributed by atoms with Gasteiger partial charge < -0.3 is 5.73 Å². The first-order valence-corrected chi connectivity index (χ1v) is 8.14. The molecule has 2 N–H and O–H groups in total. The third-order valence-corrected chi connectivity index (χ3v) is 5.84. The highest BCUT2D eigenvalue weighted by Gasteiger charge is 2.31. The van der Waals surface area contributed by atoms with Crippen molar-refractivity contribution < 1.29 is 8.42 Å². The normalized spacial score (nSPS) is 18.4. The van der Waals surface area contributed by atoms with E-state index in [0.29, 0.717) is 18.1 Å². The van der Waals surface area contributed by atoms with Crippen LogP contribution in [0, 0.1) is 0 Å². The molecule has 0 atom stereocenters. The average Bonchev–Trinajstić information content (AvgIpc) is 2.89. The lowest BCUT2D eigenvalue weighted by molar-refractivity contribution is 0.345. The lowest BCUT2D eigenvalue weighted by atomic mass is 10.2. The Balaban J connectivity index is 2.12. The second-order valence-electron chi connectivity index (χ2n) is 4.32. The summed E-state index contributed by atoms with van der Waals surface area (Å²) in [5.74, 6) is 0.0902. The molecule has 6 nitrogen and oxygen atoms in total. The minimum absolute atomic E-state index is 0.0902. The van der Waals surface area contributed by atoms with Gasteiger partial charge in [-0.15, -0.1) is 11.3 Å². The van der Waals surface area contributed by atoms with Gasteiger partial charge in [0.1, 0.15) is 0 Å². The summed E-state index contributed by atoms with van der Waals surface area (Å²) >= 11 is 1.37. The fourth-order valence-corrected chi connectivity index (χ4v) is 4.73. The van der Waals surface area contributed by atoms with Gasteiger partial charge in [0.05, 0.1) is 0 Å². The van der Waals surface area contributed by atoms with Crippen LogP contribution in [0.1, 0.15) is 19.3 Å². The molecule has 8 heteroatoms. The number of hydrogen-bond donors (Lipinski definition) is 1. The number of nitrogens with zero attached hydrogens (tertiary/aromatic N) is 3. The van der Waals surface area contributed by atoms with Crippen molar-refractivity contribution in [3.63, 3.8) is 0 Å². The number of sulfonamides is 1. The van der Waals surface area contributed by atoms with Crippen LogP contribution in [0.25, 0.3) is 4.96 Å². The van der Waals surface area contributed by atoms with Crippen LogP contribution in [0.15, 0.2) is 16.6 Å². The fraction of sp³-hybridized carbons (Fsp3) is 0.500. The van der Waals surface area contributed by atoms with Crippen molar-refractivity contribution in [1.82, 2.24) is 13.7 Å². The Kier molecular flexibility index (Phi) is 2.80. The van der Waals surface area contributed by atoms with Gasteiger partial charge in [0, 0.05) is 24.7 Å². The minimum Gasteiger partial charge on any atom is -0.381 e. The van der Waals surface area contributed by atoms with Crippen LogP contribution in [0.4, 0.5) is 5.82 Å². The summed E-state index contributed by atoms with van der Waals surface area (Å²) < 4.78 is 28.2. The SMILES string of the molecule is Nc1nc2sccn2c1S(=O)(=O)N1CCCCC1. The number of rotatable bonds is 2. The number of hydrogen-bond acceptors (Lipinski definition) is 5. The average molecular weight is 286 g/mol. The monoisotopic (exact) mass is 286 g/mol. The topological polar surface area (TPSA) is 80.7 Å². The van der Waals surface area contributed by atoms with Crippen LogP contribution < -0.4 is 5.73 Å². The molecule has 0 aromatic carbocycles. The van der Waals surface area contributed by atoms with Crippen molar-refractivity contribution in [3.05, 3.63) is 11.6 Å². The van der Waals surface area contributed by atoms with E-state index in [4.69, 9.17) is 5.73 Å². The molecule has 3 heterocycles. The van der Waals surface area contributed by atoms with E-state index in [-0.39, 0.29) is 10.8 Å². The van der Waals surface area contributed by atoms with Crippen LogP contribution in [-0.2, 0) is 10.0 Å². The predicted molar refractivity (Wildman–Crippen MR) is 70.1 cm³/mol. The molecule has 0 bridgehead atoms. The highest BCUT2D eigenvalue weighted by atomic mass is 32.2. The first-order chi connectivity index (χ1) is 8.60. The maximum Gasteiger partial charge on any atom is 0.262 e. The highest BCUT2D eigenvalue weighted by Crippen LogP contribution is 2.27. The molecule has 0 saturated carbocycles. The van der Waals surface area contributed by atoms with Crippen molar-refractivity contribution in [3.8, 4) is 0 Å². The zero-order chi connectivity index (χ0) is 12.8. The molecular weight excluding hydrogens is 272 g/mol. The first kappa shape index (κ1) is 11.9. The number of nitrogens with two attached hydrogens (primary N) is 1. The van der Waals surface area contributed by atoms with Gasteiger partial charge in [-0.3, -0.25) is 4.40 Å². The van der Waals surface area contributed by atoms with E-state index in [2.05, 4.69) is 4.98 Å². The number of imidazole rings is 1. The number of aromatic nitrogens is 2. The Labute approximate surface area is 109 Å². The fourth-order valence-electron chi connectivity index (χ4n) is 2.27. The summed E-state index contributed by atoms with van der Waals surface area (Å²) in [6.07, 6.45) is 4.59. The van der Waals surface area contributed by atoms with Crippen LogP contribution in [0.3, 0.4) is 0 Å². The molecule has 0 spiro atoms. The van der Waals surface area contributed by atoms with E-state index >= 15 is 0 Å². The summed E-state index contributed by atoms with van der Waals surface area (Å²) in [6.45, 7) is 1.14. The van der Waals surface area contributed by atoms with Gasteiger partial charge in [-0.2, -0.15) is 4.31 Å². The van der Waals surface area contributed by atoms with Crippen LogP contribution in [0.2, 0.25) is 0 Å². The van der Waals surface area contributed by atoms with Gasteiger partial charge in [-0.05, 0) is 12.8 Å². The Bertz CT molecular complexity index is 667. The molecule has 2 aromatic heterocycles. The van der Waals surface area contributed by atoms with E-state index < -0.39 is 10.0 Å². The van der Waals surface area contributed by atoms with Crippen molar-refractivity contribution in [2.45, 2.75) is 24.3 Å². The quantitative estimate of drug-likeness (QED) is 0.898. The van der Waals surface area contributed by atoms with Crippen molar-refractivity contribution >= 4 is 32.1 Å². The zero-order valence-corrected chi connectivity index (χ0v) is 11.4. The molecule has 98 valence electrons. The number of fused-ring (bicyclic) bond motifs is 1. The molecule has 0 unspecified atom stereocenters. The van der Waals surface area contributed by atoms with Gasteiger partial charge >= 0.3 is 0 Å². The van der Waals surface area contributed by atoms with E-state index in [1.54, 1.807) is 16.0 Å². The number of anilines is 1. The summed E-state index contributed by atoms with van der Waals surface area (Å²) in [5.41, 5.74) is 5.76. The van der Waals surface area contributed by atoms with E-state index in [1.165, 1.54) is 15.6 Å². The second-order valence-corrected chi connectivity index (χ2v) is 7.05. The highest BCUT2D eigenvalue weighted by molar-refractivity contribution is 7.89. The molecule has 1 fully saturated rings. The van der Waals surface area contributed by atoms with Crippen molar-refractivity contribution in [2.75, 3.05) is 18.8 Å². The Morgan fingerprint density at radius 3 is 2.72 bits per heavy atom. The largest absolute Gasteiger partial charge is 0.381 e. The molecule has 1 aliphatic rings. The Morgan fingerprint density at radius 2 is 2.00 bits per heavy atom. The first-order valence-electron chi connectivity index (χ1n) is 5.82. The third-order valence-electron chi connectivity index (χ3n) is 3.14. The molecule has 18 heavy (non-hydrogen) atoms. The van der Waals surface area contributed by atoms with Crippen LogP contribution in [-0.4, -0.2) is 35.2 Å². The van der Waals surface area contributed by atoms with Gasteiger partial charge in [0.2, 0.25) is 0 Å². The van der Waals surface area contributed by atoms with Crippen molar-refractivity contribution in [2.24, 2.45) is 0 Å². The maximum absolute atomic E-state index is 12.6. The lowest BCUT2D eigenvalue weighted by Crippen LogP contribution is -2.36. The van der Waals surface area contributed by atoms with Crippen LogP contribution >= 0.6 is 11.3 Å². The lowest BCUT2D eigenvalue weighted by Gasteiger charge is -2.25. The van der Waals surface area contributed by atoms with Gasteiger partial charge in [-0.25, -0.2) is 13.4 Å². The summed E-state index contributed by atoms with van der Waals surface area (Å²) in [4.78, 5) is 4.70. The molecule has 1 aliphatic heterocycles. The molecule has 0 aliphatic carbocycles. The van der Waals surface area contributed by atoms with Crippen molar-refractivity contribution in [1.29, 1.82) is 0 Å². The standard InChI is InChI=1S/C10H14N4O2S2/c11-8-9(14-6-7-17-10(14)12-8)18(15,16)13-4-2-1-3-5-13/h6-7H,1-5,11H2. The molecular formula is C10H14N4O2S2. The van der Waals surface area contributed by atoms with Gasteiger partial charge in [0.15, 0.2) is 15.8 Å². The second kappa shape index (κ2) is 4.22. The molecule has 1 saturated heterocycles. The molecule has 0 amide bonds. The van der Waals surface area contributed by atoms with Crippen LogP contribution in [0.5, 0.6) is 0 Å². The van der Waals surface area contributed by atoms with E-state index in [9.17, 15) is 8.42 Å². The Hall–Kier alpha value is -1.12. The number of piperidine rings is 1. The summed E-state index contributed by atoms with van der Waals surface area (Å²) in [5, 5.41) is 1.91. The van der Waals surface area contributed by atoms with E-state index in [0.717, 1.165) is 19.3 Å². The Morgan fingerprint density at radius 1 is 1.28 bits per heavy atom. The van der Waals surface area contributed by atoms with Gasteiger partial charge in [-0.1, -0.05) is 6.42 Å². The maximum atomic E-state index is 12.6. The number of nitrogen functional groups attached to an aromatic ring is 1. The smallest absolute Gasteiger partial charge is 0.262 e. The predicted octanol–water partition coefficient (Wildman–Crippen LogP) is 1.15. The number of thiazole rings is 1. The zero-order valence-electron chi connectivity index (χ0n) is 9.74. The minimum atomic E-state index is -3.53. The molecule has 0 radical (unpaired) electrons. The van der Waals surface area contributed by atoms with Gasteiger partial charge in [0.25, 0.3) is 10.0 Å². The summed E-state index contributed by atoms with van der Waals surface area (Å²) in [6, 6.07) is 0. The molecule has 3 rings (SSSR count). The molecule has 2 aromatic rings. The van der Waals surface area contributed by atoms with E-state index in [1.807, 2.05) is 0 Å². The third kappa shape index (κ3) is 1.72. The summed E-state index contributed by atoms with van der Waals surface area (Å²) in [7, 11) is -3.53.